The minimum Gasteiger partial charge on any atom is -0.503 e. The van der Waals surface area contributed by atoms with Crippen LogP contribution in [0.2, 0.25) is 0 Å². The van der Waals surface area contributed by atoms with Crippen LogP contribution in [0.15, 0.2) is 70.4 Å². The van der Waals surface area contributed by atoms with Gasteiger partial charge in [-0.1, -0.05) is 52.3 Å². The maximum atomic E-state index is 12.8. The Morgan fingerprint density at radius 3 is 2.44 bits per heavy atom. The van der Waals surface area contributed by atoms with E-state index in [0.29, 0.717) is 5.69 Å². The predicted molar refractivity (Wildman–Crippen MR) is 98.2 cm³/mol. The second-order valence-electron chi connectivity index (χ2n) is 6.37. The van der Waals surface area contributed by atoms with Crippen LogP contribution in [-0.4, -0.2) is 16.8 Å². The zero-order valence-electron chi connectivity index (χ0n) is 13.4. The van der Waals surface area contributed by atoms with E-state index in [1.807, 2.05) is 48.5 Å². The number of Topliss-reactive ketones (excluding diaryl/α,β-unsaturated/α-hetero) is 1. The van der Waals surface area contributed by atoms with E-state index in [2.05, 4.69) is 15.9 Å². The Kier molecular flexibility index (Phi) is 3.96. The van der Waals surface area contributed by atoms with Gasteiger partial charge in [0.1, 0.15) is 0 Å². The fourth-order valence-electron chi connectivity index (χ4n) is 3.27. The molecule has 0 spiro atoms. The normalized spacial score (nSPS) is 20.3. The Balaban J connectivity index is 1.86. The summed E-state index contributed by atoms with van der Waals surface area (Å²) in [5.74, 6) is -1.14. The fraction of sp³-hybridized carbons (Fsp3) is 0.200. The summed E-state index contributed by atoms with van der Waals surface area (Å²) < 4.78 is 0.825. The van der Waals surface area contributed by atoms with Gasteiger partial charge in [-0.2, -0.15) is 0 Å². The zero-order valence-corrected chi connectivity index (χ0v) is 14.9. The molecule has 1 aliphatic carbocycles. The molecule has 0 unspecified atom stereocenters. The molecular formula is C20H16BrNO3. The summed E-state index contributed by atoms with van der Waals surface area (Å²) >= 11 is 3.42. The SMILES string of the molecule is O=C(C1=C(O)C(=O)N(c2cccc(Br)c2)[C@H]1c1ccccc1)C1CC1. The minimum atomic E-state index is -0.601. The Bertz CT molecular complexity index is 887. The molecule has 1 saturated carbocycles. The lowest BCUT2D eigenvalue weighted by atomic mass is 9.94. The summed E-state index contributed by atoms with van der Waals surface area (Å²) in [6.45, 7) is 0. The van der Waals surface area contributed by atoms with Crippen molar-refractivity contribution in [2.75, 3.05) is 4.90 Å². The number of anilines is 1. The van der Waals surface area contributed by atoms with Gasteiger partial charge in [-0.05, 0) is 36.6 Å². The third kappa shape index (κ3) is 2.78. The molecule has 1 fully saturated rings. The summed E-state index contributed by atoms with van der Waals surface area (Å²) in [5.41, 5.74) is 1.67. The molecule has 4 rings (SSSR count). The van der Waals surface area contributed by atoms with Crippen LogP contribution in [-0.2, 0) is 9.59 Å². The second-order valence-corrected chi connectivity index (χ2v) is 7.28. The number of aliphatic hydroxyl groups excluding tert-OH is 1. The molecular weight excluding hydrogens is 382 g/mol. The Labute approximate surface area is 153 Å². The monoisotopic (exact) mass is 397 g/mol. The van der Waals surface area contributed by atoms with E-state index < -0.39 is 17.7 Å². The highest BCUT2D eigenvalue weighted by atomic mass is 79.9. The molecule has 1 amide bonds. The van der Waals surface area contributed by atoms with Crippen molar-refractivity contribution < 1.29 is 14.7 Å². The number of halogens is 1. The first kappa shape index (κ1) is 16.1. The molecule has 1 N–H and O–H groups in total. The highest BCUT2D eigenvalue weighted by molar-refractivity contribution is 9.10. The Morgan fingerprint density at radius 2 is 1.80 bits per heavy atom. The molecule has 2 aliphatic rings. The number of benzene rings is 2. The second kappa shape index (κ2) is 6.15. The summed E-state index contributed by atoms with van der Waals surface area (Å²) in [6, 6.07) is 16.1. The van der Waals surface area contributed by atoms with E-state index in [4.69, 9.17) is 0 Å². The number of ketones is 1. The van der Waals surface area contributed by atoms with Crippen molar-refractivity contribution in [1.29, 1.82) is 0 Å². The molecule has 5 heteroatoms. The standard InChI is InChI=1S/C20H16BrNO3/c21-14-7-4-8-15(11-14)22-17(12-5-2-1-3-6-12)16(19(24)20(22)25)18(23)13-9-10-13/h1-8,11,13,17,24H,9-10H2/t17-/m0/s1. The first-order valence-corrected chi connectivity index (χ1v) is 8.98. The maximum absolute atomic E-state index is 12.8. The van der Waals surface area contributed by atoms with Crippen molar-refractivity contribution in [3.05, 3.63) is 76.0 Å². The van der Waals surface area contributed by atoms with Gasteiger partial charge in [-0.15, -0.1) is 0 Å². The third-order valence-corrected chi connectivity index (χ3v) is 5.12. The molecule has 25 heavy (non-hydrogen) atoms. The number of carbonyl (C=O) groups excluding carboxylic acids is 2. The average Bonchev–Trinajstić information content (AvgIpc) is 3.43. The van der Waals surface area contributed by atoms with Crippen LogP contribution in [0.1, 0.15) is 24.4 Å². The van der Waals surface area contributed by atoms with Crippen molar-refractivity contribution in [2.24, 2.45) is 5.92 Å². The number of nitrogens with zero attached hydrogens (tertiary/aromatic N) is 1. The van der Waals surface area contributed by atoms with Gasteiger partial charge in [-0.25, -0.2) is 0 Å². The molecule has 2 aromatic rings. The van der Waals surface area contributed by atoms with E-state index in [0.717, 1.165) is 22.9 Å². The lowest BCUT2D eigenvalue weighted by molar-refractivity contribution is -0.118. The Morgan fingerprint density at radius 1 is 1.08 bits per heavy atom. The van der Waals surface area contributed by atoms with Gasteiger partial charge in [0.25, 0.3) is 5.91 Å². The van der Waals surface area contributed by atoms with E-state index in [-0.39, 0.29) is 17.3 Å². The van der Waals surface area contributed by atoms with Crippen LogP contribution >= 0.6 is 15.9 Å². The van der Waals surface area contributed by atoms with Crippen molar-refractivity contribution in [3.63, 3.8) is 0 Å². The molecule has 0 radical (unpaired) electrons. The van der Waals surface area contributed by atoms with Crippen LogP contribution in [0.5, 0.6) is 0 Å². The van der Waals surface area contributed by atoms with Crippen LogP contribution < -0.4 is 4.90 Å². The zero-order chi connectivity index (χ0) is 17.6. The molecule has 1 atom stereocenters. The van der Waals surface area contributed by atoms with Crippen LogP contribution in [0.4, 0.5) is 5.69 Å². The Hall–Kier alpha value is -2.40. The van der Waals surface area contributed by atoms with Crippen LogP contribution in [0.25, 0.3) is 0 Å². The highest BCUT2D eigenvalue weighted by Crippen LogP contribution is 2.45. The molecule has 4 nitrogen and oxygen atoms in total. The van der Waals surface area contributed by atoms with Crippen LogP contribution in [0, 0.1) is 5.92 Å². The molecule has 2 aromatic carbocycles. The molecule has 0 bridgehead atoms. The minimum absolute atomic E-state index is 0.0707. The maximum Gasteiger partial charge on any atom is 0.294 e. The largest absolute Gasteiger partial charge is 0.503 e. The first-order valence-electron chi connectivity index (χ1n) is 8.19. The quantitative estimate of drug-likeness (QED) is 0.834. The fourth-order valence-corrected chi connectivity index (χ4v) is 3.65. The molecule has 1 heterocycles. The van der Waals surface area contributed by atoms with Gasteiger partial charge in [0, 0.05) is 16.1 Å². The lowest BCUT2D eigenvalue weighted by Crippen LogP contribution is -2.31. The number of hydrogen-bond donors (Lipinski definition) is 1. The summed E-state index contributed by atoms with van der Waals surface area (Å²) in [7, 11) is 0. The van der Waals surface area contributed by atoms with Gasteiger partial charge < -0.3 is 5.11 Å². The van der Waals surface area contributed by atoms with Gasteiger partial charge >= 0.3 is 0 Å². The van der Waals surface area contributed by atoms with Crippen molar-refractivity contribution in [2.45, 2.75) is 18.9 Å². The summed E-state index contributed by atoms with van der Waals surface area (Å²) in [5, 5.41) is 10.5. The molecule has 1 aliphatic heterocycles. The first-order chi connectivity index (χ1) is 12.1. The van der Waals surface area contributed by atoms with Crippen molar-refractivity contribution >= 4 is 33.3 Å². The molecule has 126 valence electrons. The molecule has 0 saturated heterocycles. The highest BCUT2D eigenvalue weighted by Gasteiger charge is 2.47. The van der Waals surface area contributed by atoms with E-state index in [1.54, 1.807) is 6.07 Å². The van der Waals surface area contributed by atoms with Gasteiger partial charge in [0.2, 0.25) is 0 Å². The van der Waals surface area contributed by atoms with Gasteiger partial charge in [0.15, 0.2) is 11.5 Å². The van der Waals surface area contributed by atoms with Gasteiger partial charge in [0.05, 0.1) is 11.6 Å². The van der Waals surface area contributed by atoms with Crippen molar-refractivity contribution in [3.8, 4) is 0 Å². The van der Waals surface area contributed by atoms with E-state index >= 15 is 0 Å². The molecule has 0 aromatic heterocycles. The topological polar surface area (TPSA) is 57.6 Å². The lowest BCUT2D eigenvalue weighted by Gasteiger charge is -2.27. The van der Waals surface area contributed by atoms with E-state index in [1.165, 1.54) is 4.90 Å². The number of amides is 1. The number of hydrogen-bond acceptors (Lipinski definition) is 3. The predicted octanol–water partition coefficient (Wildman–Crippen LogP) is 4.33. The number of carbonyl (C=O) groups is 2. The number of rotatable bonds is 4. The van der Waals surface area contributed by atoms with Crippen LogP contribution in [0.3, 0.4) is 0 Å². The smallest absolute Gasteiger partial charge is 0.294 e. The number of aliphatic hydroxyl groups is 1. The summed E-state index contributed by atoms with van der Waals surface area (Å²) in [4.78, 5) is 27.1. The van der Waals surface area contributed by atoms with Crippen molar-refractivity contribution in [1.82, 2.24) is 0 Å². The summed E-state index contributed by atoms with van der Waals surface area (Å²) in [6.07, 6.45) is 1.64. The third-order valence-electron chi connectivity index (χ3n) is 4.62. The van der Waals surface area contributed by atoms with Gasteiger partial charge in [-0.3, -0.25) is 14.5 Å². The average molecular weight is 398 g/mol. The van der Waals surface area contributed by atoms with E-state index in [9.17, 15) is 14.7 Å².